The van der Waals surface area contributed by atoms with Gasteiger partial charge >= 0.3 is 0 Å². The van der Waals surface area contributed by atoms with Crippen molar-refractivity contribution in [2.45, 2.75) is 190 Å². The standard InChI is InChI=1S/C32H37FN2O3.C32H44N2O2.C28H30N2O2/c1-20-10-7-11-21(2)28(20)31(37)35-17-9-14-25(29(35)22-15-16-27(38-6)26(33)18-22)30(36)34-24-13-8-12-23(19-24)32(3,4)5;1-21-15-17-24(18-16-21)29-27(30(35)33-26-13-8-12-25(20-26)32(4,5)6)14-9-19-34(29)31(36)28-22(2)10-7-11-23(28)3;1-19-10-7-15-23(18-19)29-27(31)24-16-9-17-30(26(24)22-13-5-4-6-14-22)28(32)25-20(2)11-8-12-21(25)3/h7-8,10-13,15-16,18-19,25,29H,9,14,17H2,1-6H3,(H,34,36);7-8,10-13,20-21,24,27,29H,9,14-19H2,1-6H3,(H,33,35);4-8,10-15,18,24,26H,9,16-17H2,1-3H3,(H,29,31)/t25-,29-;21?,24?,27-,29-;24-,26-/m000/s1. The highest BCUT2D eigenvalue weighted by atomic mass is 19.1. The molecule has 0 bridgehead atoms. The zero-order chi connectivity index (χ0) is 76.3. The number of ether oxygens (including phenoxy) is 1. The van der Waals surface area contributed by atoms with E-state index in [1.54, 1.807) is 17.0 Å². The number of hydrogen-bond acceptors (Lipinski definition) is 7. The fourth-order valence-corrected chi connectivity index (χ4v) is 16.5. The normalized spacial score (nSPS) is 20.3. The second-order valence-corrected chi connectivity index (χ2v) is 32.2. The van der Waals surface area contributed by atoms with E-state index in [1.165, 1.54) is 31.6 Å². The first kappa shape index (κ1) is 78.9. The molecule has 0 unspecified atom stereocenters. The molecule has 12 rings (SSSR count). The van der Waals surface area contributed by atoms with Crippen LogP contribution in [0.5, 0.6) is 5.75 Å². The molecule has 0 aromatic heterocycles. The largest absolute Gasteiger partial charge is 0.494 e. The monoisotopic (exact) mass is 1430 g/mol. The first-order valence-corrected chi connectivity index (χ1v) is 38.2. The van der Waals surface area contributed by atoms with Crippen LogP contribution in [-0.2, 0) is 25.2 Å². The molecule has 3 saturated heterocycles. The maximum atomic E-state index is 14.9. The molecule has 14 heteroatoms. The van der Waals surface area contributed by atoms with Crippen LogP contribution in [0, 0.1) is 83.9 Å². The van der Waals surface area contributed by atoms with Crippen molar-refractivity contribution in [1.29, 1.82) is 0 Å². The molecule has 6 atom stereocenters. The van der Waals surface area contributed by atoms with Gasteiger partial charge in [-0.2, -0.15) is 0 Å². The number of methoxy groups -OCH3 is 1. The number of aryl methyl sites for hydroxylation is 7. The Kier molecular flexibility index (Phi) is 25.8. The molecule has 8 aromatic carbocycles. The number of halogens is 1. The highest BCUT2D eigenvalue weighted by Crippen LogP contribution is 2.44. The summed E-state index contributed by atoms with van der Waals surface area (Å²) in [6.07, 6.45) is 9.01. The Morgan fingerprint density at radius 3 is 1.20 bits per heavy atom. The Bertz CT molecular complexity index is 4390. The van der Waals surface area contributed by atoms with E-state index < -0.39 is 17.8 Å². The van der Waals surface area contributed by atoms with Gasteiger partial charge in [-0.25, -0.2) is 4.39 Å². The zero-order valence-electron chi connectivity index (χ0n) is 65.1. The molecule has 0 radical (unpaired) electrons. The van der Waals surface area contributed by atoms with Gasteiger partial charge in [-0.15, -0.1) is 0 Å². The SMILES string of the molecule is COc1ccc([C@H]2[C@@H](C(=O)Nc3cccc(C(C)(C)C)c3)CCCN2C(=O)c2c(C)cccc2C)cc1F.Cc1cccc(C)c1C(=O)N1CCC[C@H](C(=O)Nc2cccc(C(C)(C)C)c2)[C@@H]1C1CCC(C)CC1.Cc1cccc(NC(=O)[C@H]2CCCN(C(=O)c3c(C)cccc3C)[C@H]2c2ccccc2)c1. The Balaban J connectivity index is 0.000000171. The van der Waals surface area contributed by atoms with E-state index in [1.807, 2.05) is 199 Å². The second-order valence-electron chi connectivity index (χ2n) is 32.2. The summed E-state index contributed by atoms with van der Waals surface area (Å²) in [6.45, 7) is 30.9. The highest BCUT2D eigenvalue weighted by Gasteiger charge is 2.46. The highest BCUT2D eigenvalue weighted by molar-refractivity contribution is 6.01. The van der Waals surface area contributed by atoms with Gasteiger partial charge in [-0.05, 0) is 232 Å². The van der Waals surface area contributed by atoms with Gasteiger partial charge in [0.2, 0.25) is 17.7 Å². The van der Waals surface area contributed by atoms with Crippen LogP contribution in [0.15, 0.2) is 176 Å². The molecule has 4 fully saturated rings. The maximum Gasteiger partial charge on any atom is 0.254 e. The third kappa shape index (κ3) is 18.7. The average Bonchev–Trinajstić information content (AvgIpc) is 0.783. The molecule has 1 saturated carbocycles. The van der Waals surface area contributed by atoms with Crippen LogP contribution in [0.1, 0.15) is 217 Å². The van der Waals surface area contributed by atoms with Crippen molar-refractivity contribution in [3.05, 3.63) is 260 Å². The van der Waals surface area contributed by atoms with Gasteiger partial charge in [0.1, 0.15) is 0 Å². The van der Waals surface area contributed by atoms with Gasteiger partial charge in [0, 0.05) is 59.4 Å². The van der Waals surface area contributed by atoms with E-state index in [9.17, 15) is 33.2 Å². The van der Waals surface area contributed by atoms with E-state index in [2.05, 4.69) is 81.4 Å². The molecule has 6 amide bonds. The number of benzene rings is 8. The molecule has 0 spiro atoms. The Labute approximate surface area is 629 Å². The Hall–Kier alpha value is -9.69. The lowest BCUT2D eigenvalue weighted by Crippen LogP contribution is -2.55. The number of carbonyl (C=O) groups excluding carboxylic acids is 6. The number of piperidine rings is 3. The number of likely N-dealkylation sites (tertiary alicyclic amines) is 3. The van der Waals surface area contributed by atoms with Crippen molar-refractivity contribution in [2.75, 3.05) is 42.7 Å². The van der Waals surface area contributed by atoms with Crippen LogP contribution in [0.4, 0.5) is 21.5 Å². The predicted octanol–water partition coefficient (Wildman–Crippen LogP) is 20.1. The summed E-state index contributed by atoms with van der Waals surface area (Å²) in [7, 11) is 1.41. The molecule has 8 aromatic rings. The molecule has 558 valence electrons. The summed E-state index contributed by atoms with van der Waals surface area (Å²) < 4.78 is 20.0. The van der Waals surface area contributed by atoms with Crippen molar-refractivity contribution < 1.29 is 37.9 Å². The van der Waals surface area contributed by atoms with Crippen LogP contribution >= 0.6 is 0 Å². The smallest absolute Gasteiger partial charge is 0.254 e. The number of hydrogen-bond donors (Lipinski definition) is 3. The Morgan fingerprint density at radius 1 is 0.406 bits per heavy atom. The minimum atomic E-state index is -0.624. The van der Waals surface area contributed by atoms with E-state index in [0.29, 0.717) is 48.7 Å². The molecule has 3 aliphatic heterocycles. The summed E-state index contributed by atoms with van der Waals surface area (Å²) in [6, 6.07) is 55.3. The molecule has 1 aliphatic carbocycles. The van der Waals surface area contributed by atoms with E-state index in [0.717, 1.165) is 124 Å². The van der Waals surface area contributed by atoms with Gasteiger partial charge in [0.05, 0.1) is 36.9 Å². The van der Waals surface area contributed by atoms with Crippen molar-refractivity contribution in [3.8, 4) is 5.75 Å². The number of amides is 6. The van der Waals surface area contributed by atoms with Gasteiger partial charge in [0.15, 0.2) is 11.6 Å². The number of nitrogens with one attached hydrogen (secondary N) is 3. The summed E-state index contributed by atoms with van der Waals surface area (Å²) in [4.78, 5) is 88.6. The van der Waals surface area contributed by atoms with Crippen molar-refractivity contribution in [3.63, 3.8) is 0 Å². The fraction of sp³-hybridized carbons (Fsp3) is 0.413. The van der Waals surface area contributed by atoms with Crippen LogP contribution < -0.4 is 20.7 Å². The molecular formula is C92H111FN6O7. The lowest BCUT2D eigenvalue weighted by molar-refractivity contribution is -0.125. The Morgan fingerprint density at radius 2 is 0.783 bits per heavy atom. The molecule has 3 heterocycles. The minimum absolute atomic E-state index is 0.00232. The first-order chi connectivity index (χ1) is 50.5. The number of nitrogens with zero attached hydrogens (tertiary/aromatic N) is 3. The molecule has 106 heavy (non-hydrogen) atoms. The van der Waals surface area contributed by atoms with Crippen molar-refractivity contribution in [2.24, 2.45) is 29.6 Å². The topological polar surface area (TPSA) is 157 Å². The summed E-state index contributed by atoms with van der Waals surface area (Å²) in [5.41, 5.74) is 15.2. The van der Waals surface area contributed by atoms with Crippen LogP contribution in [0.25, 0.3) is 0 Å². The summed E-state index contributed by atoms with van der Waals surface area (Å²) in [5, 5.41) is 9.43. The first-order valence-electron chi connectivity index (χ1n) is 38.2. The number of rotatable bonds is 13. The van der Waals surface area contributed by atoms with Crippen LogP contribution in [0.2, 0.25) is 0 Å². The van der Waals surface area contributed by atoms with Crippen molar-refractivity contribution in [1.82, 2.24) is 14.7 Å². The van der Waals surface area contributed by atoms with E-state index >= 15 is 0 Å². The minimum Gasteiger partial charge on any atom is -0.494 e. The van der Waals surface area contributed by atoms with Gasteiger partial charge in [-0.3, -0.25) is 28.8 Å². The van der Waals surface area contributed by atoms with Gasteiger partial charge in [0.25, 0.3) is 17.7 Å². The lowest BCUT2D eigenvalue weighted by atomic mass is 9.72. The molecular weight excluding hydrogens is 1320 g/mol. The molecule has 4 aliphatic rings. The average molecular weight is 1430 g/mol. The van der Waals surface area contributed by atoms with Crippen molar-refractivity contribution >= 4 is 52.5 Å². The summed E-state index contributed by atoms with van der Waals surface area (Å²) in [5.74, 6) is -0.580. The van der Waals surface area contributed by atoms with E-state index in [-0.39, 0.29) is 75.9 Å². The lowest BCUT2D eigenvalue weighted by Gasteiger charge is -2.46. The maximum absolute atomic E-state index is 14.9. The summed E-state index contributed by atoms with van der Waals surface area (Å²) >= 11 is 0. The molecule has 13 nitrogen and oxygen atoms in total. The number of carbonyl (C=O) groups is 6. The number of anilines is 3. The van der Waals surface area contributed by atoms with Crippen LogP contribution in [0.3, 0.4) is 0 Å². The second kappa shape index (κ2) is 34.7. The van der Waals surface area contributed by atoms with Gasteiger partial charge < -0.3 is 35.4 Å². The van der Waals surface area contributed by atoms with Gasteiger partial charge in [-0.1, -0.05) is 189 Å². The quantitative estimate of drug-likeness (QED) is 0.104. The third-order valence-electron chi connectivity index (χ3n) is 22.3. The molecule has 3 N–H and O–H groups in total. The van der Waals surface area contributed by atoms with E-state index in [4.69, 9.17) is 4.74 Å². The van der Waals surface area contributed by atoms with Crippen LogP contribution in [-0.4, -0.2) is 82.9 Å². The third-order valence-corrected chi connectivity index (χ3v) is 22.3. The fourth-order valence-electron chi connectivity index (χ4n) is 16.5. The predicted molar refractivity (Wildman–Crippen MR) is 426 cm³/mol. The zero-order valence-corrected chi connectivity index (χ0v) is 65.1.